The minimum atomic E-state index is -0.268. The molecular formula is C23H30N2O4. The second-order valence-corrected chi connectivity index (χ2v) is 7.02. The standard InChI is InChI=1S/C23H30N2O4/c1-5-28-21-13-17-11-12-25(15-18(17)14-22(21)29-6-2)16(3)23(26)24-19-9-7-8-10-20(19)27-4/h7-10,13-14,16H,5-6,11-12,15H2,1-4H3,(H,24,26)/t16-/m0/s1. The van der Waals surface area contributed by atoms with Gasteiger partial charge < -0.3 is 19.5 Å². The fraction of sp³-hybridized carbons (Fsp3) is 0.435. The van der Waals surface area contributed by atoms with E-state index in [4.69, 9.17) is 14.2 Å². The van der Waals surface area contributed by atoms with Gasteiger partial charge in [0.05, 0.1) is 32.1 Å². The fourth-order valence-corrected chi connectivity index (χ4v) is 3.60. The molecule has 2 aromatic rings. The van der Waals surface area contributed by atoms with Gasteiger partial charge in [-0.3, -0.25) is 9.69 Å². The van der Waals surface area contributed by atoms with Gasteiger partial charge in [0.1, 0.15) is 5.75 Å². The summed E-state index contributed by atoms with van der Waals surface area (Å²) in [5.41, 5.74) is 3.12. The van der Waals surface area contributed by atoms with Gasteiger partial charge in [0, 0.05) is 13.1 Å². The number of nitrogens with zero attached hydrogens (tertiary/aromatic N) is 1. The van der Waals surface area contributed by atoms with Crippen molar-refractivity contribution < 1.29 is 19.0 Å². The molecule has 3 rings (SSSR count). The number of carbonyl (C=O) groups is 1. The minimum absolute atomic E-state index is 0.0473. The number of amides is 1. The van der Waals surface area contributed by atoms with Crippen LogP contribution in [0.2, 0.25) is 0 Å². The maximum absolute atomic E-state index is 12.8. The summed E-state index contributed by atoms with van der Waals surface area (Å²) in [4.78, 5) is 15.0. The first-order chi connectivity index (χ1) is 14.1. The molecule has 0 aliphatic carbocycles. The van der Waals surface area contributed by atoms with Gasteiger partial charge in [0.15, 0.2) is 11.5 Å². The number of methoxy groups -OCH3 is 1. The Morgan fingerprint density at radius 3 is 2.38 bits per heavy atom. The van der Waals surface area contributed by atoms with Crippen LogP contribution in [0.5, 0.6) is 17.2 Å². The van der Waals surface area contributed by atoms with Crippen molar-refractivity contribution >= 4 is 11.6 Å². The molecule has 2 aromatic carbocycles. The maximum Gasteiger partial charge on any atom is 0.241 e. The molecule has 1 amide bonds. The molecule has 6 nitrogen and oxygen atoms in total. The number of rotatable bonds is 8. The monoisotopic (exact) mass is 398 g/mol. The van der Waals surface area contributed by atoms with E-state index in [2.05, 4.69) is 22.3 Å². The largest absolute Gasteiger partial charge is 0.495 e. The van der Waals surface area contributed by atoms with Crippen LogP contribution in [0.1, 0.15) is 31.9 Å². The first-order valence-corrected chi connectivity index (χ1v) is 10.2. The molecular weight excluding hydrogens is 368 g/mol. The summed E-state index contributed by atoms with van der Waals surface area (Å²) in [6.07, 6.45) is 0.869. The summed E-state index contributed by atoms with van der Waals surface area (Å²) in [6.45, 7) is 8.57. The third-order valence-electron chi connectivity index (χ3n) is 5.20. The van der Waals surface area contributed by atoms with Crippen molar-refractivity contribution in [3.05, 3.63) is 47.5 Å². The average Bonchev–Trinajstić information content (AvgIpc) is 2.74. The van der Waals surface area contributed by atoms with E-state index in [9.17, 15) is 4.79 Å². The Morgan fingerprint density at radius 1 is 1.07 bits per heavy atom. The second-order valence-electron chi connectivity index (χ2n) is 7.02. The molecule has 0 fully saturated rings. The van der Waals surface area contributed by atoms with Gasteiger partial charge in [-0.2, -0.15) is 0 Å². The van der Waals surface area contributed by atoms with E-state index in [0.29, 0.717) is 31.2 Å². The Kier molecular flexibility index (Phi) is 6.99. The van der Waals surface area contributed by atoms with Gasteiger partial charge in [0.2, 0.25) is 5.91 Å². The Morgan fingerprint density at radius 2 is 1.72 bits per heavy atom. The van der Waals surface area contributed by atoms with Crippen LogP contribution in [0.15, 0.2) is 36.4 Å². The molecule has 0 aromatic heterocycles. The van der Waals surface area contributed by atoms with Crippen LogP contribution in [-0.4, -0.2) is 43.7 Å². The van der Waals surface area contributed by atoms with Crippen LogP contribution in [0, 0.1) is 0 Å². The highest BCUT2D eigenvalue weighted by atomic mass is 16.5. The summed E-state index contributed by atoms with van der Waals surface area (Å²) in [5.74, 6) is 2.17. The van der Waals surface area contributed by atoms with Gasteiger partial charge in [-0.1, -0.05) is 12.1 Å². The third kappa shape index (κ3) is 4.82. The van der Waals surface area contributed by atoms with Crippen LogP contribution in [-0.2, 0) is 17.8 Å². The lowest BCUT2D eigenvalue weighted by Crippen LogP contribution is -2.44. The van der Waals surface area contributed by atoms with Crippen LogP contribution < -0.4 is 19.5 Å². The van der Waals surface area contributed by atoms with E-state index >= 15 is 0 Å². The molecule has 1 N–H and O–H groups in total. The van der Waals surface area contributed by atoms with Crippen LogP contribution >= 0.6 is 0 Å². The van der Waals surface area contributed by atoms with E-state index in [1.54, 1.807) is 7.11 Å². The highest BCUT2D eigenvalue weighted by Crippen LogP contribution is 2.34. The zero-order valence-corrected chi connectivity index (χ0v) is 17.7. The predicted octanol–water partition coefficient (Wildman–Crippen LogP) is 3.88. The summed E-state index contributed by atoms with van der Waals surface area (Å²) in [7, 11) is 1.60. The molecule has 0 saturated heterocycles. The summed E-state index contributed by atoms with van der Waals surface area (Å²) < 4.78 is 16.8. The van der Waals surface area contributed by atoms with E-state index in [-0.39, 0.29) is 11.9 Å². The van der Waals surface area contributed by atoms with Gasteiger partial charge >= 0.3 is 0 Å². The van der Waals surface area contributed by atoms with Gasteiger partial charge in [-0.05, 0) is 62.6 Å². The Hall–Kier alpha value is -2.73. The highest BCUT2D eigenvalue weighted by Gasteiger charge is 2.27. The Balaban J connectivity index is 1.73. The highest BCUT2D eigenvalue weighted by molar-refractivity contribution is 5.95. The van der Waals surface area contributed by atoms with Crippen LogP contribution in [0.4, 0.5) is 5.69 Å². The molecule has 0 spiro atoms. The maximum atomic E-state index is 12.8. The topological polar surface area (TPSA) is 60.0 Å². The lowest BCUT2D eigenvalue weighted by atomic mass is 9.97. The Bertz CT molecular complexity index is 853. The molecule has 0 saturated carbocycles. The van der Waals surface area contributed by atoms with Gasteiger partial charge in [0.25, 0.3) is 0 Å². The summed E-state index contributed by atoms with van der Waals surface area (Å²) >= 11 is 0. The number of benzene rings is 2. The number of ether oxygens (including phenoxy) is 3. The summed E-state index contributed by atoms with van der Waals surface area (Å²) in [6, 6.07) is 11.3. The average molecular weight is 399 g/mol. The van der Waals surface area contributed by atoms with Gasteiger partial charge in [-0.15, -0.1) is 0 Å². The molecule has 1 aliphatic rings. The lowest BCUT2D eigenvalue weighted by molar-refractivity contribution is -0.121. The first kappa shape index (κ1) is 21.0. The molecule has 1 aliphatic heterocycles. The number of carbonyl (C=O) groups excluding carboxylic acids is 1. The minimum Gasteiger partial charge on any atom is -0.495 e. The van der Waals surface area contributed by atoms with E-state index < -0.39 is 0 Å². The van der Waals surface area contributed by atoms with Crippen molar-refractivity contribution in [2.45, 2.75) is 39.8 Å². The molecule has 0 unspecified atom stereocenters. The molecule has 1 heterocycles. The lowest BCUT2D eigenvalue weighted by Gasteiger charge is -2.33. The molecule has 0 bridgehead atoms. The van der Waals surface area contributed by atoms with Crippen LogP contribution in [0.3, 0.4) is 0 Å². The molecule has 6 heteroatoms. The molecule has 156 valence electrons. The number of para-hydroxylation sites is 2. The van der Waals surface area contributed by atoms with Crippen molar-refractivity contribution in [3.8, 4) is 17.2 Å². The predicted molar refractivity (Wildman–Crippen MR) is 114 cm³/mol. The van der Waals surface area contributed by atoms with Crippen molar-refractivity contribution in [2.75, 3.05) is 32.2 Å². The number of nitrogens with one attached hydrogen (secondary N) is 1. The second kappa shape index (κ2) is 9.65. The van der Waals surface area contributed by atoms with E-state index in [1.807, 2.05) is 45.0 Å². The fourth-order valence-electron chi connectivity index (χ4n) is 3.60. The summed E-state index contributed by atoms with van der Waals surface area (Å²) in [5, 5.41) is 2.99. The number of fused-ring (bicyclic) bond motifs is 1. The smallest absolute Gasteiger partial charge is 0.241 e. The van der Waals surface area contributed by atoms with Crippen molar-refractivity contribution in [1.29, 1.82) is 0 Å². The normalized spacial score (nSPS) is 14.6. The Labute approximate surface area is 172 Å². The number of hydrogen-bond donors (Lipinski definition) is 1. The number of anilines is 1. The van der Waals surface area contributed by atoms with Crippen molar-refractivity contribution in [2.24, 2.45) is 0 Å². The van der Waals surface area contributed by atoms with Gasteiger partial charge in [-0.25, -0.2) is 0 Å². The SMILES string of the molecule is CCOc1cc2c(cc1OCC)CN([C@@H](C)C(=O)Nc1ccccc1OC)CC2. The van der Waals surface area contributed by atoms with Crippen molar-refractivity contribution in [3.63, 3.8) is 0 Å². The number of hydrogen-bond acceptors (Lipinski definition) is 5. The molecule has 0 radical (unpaired) electrons. The third-order valence-corrected chi connectivity index (χ3v) is 5.20. The molecule has 1 atom stereocenters. The van der Waals surface area contributed by atoms with Crippen molar-refractivity contribution in [1.82, 2.24) is 4.90 Å². The molecule has 29 heavy (non-hydrogen) atoms. The zero-order valence-electron chi connectivity index (χ0n) is 17.7. The van der Waals surface area contributed by atoms with Crippen LogP contribution in [0.25, 0.3) is 0 Å². The van der Waals surface area contributed by atoms with E-state index in [0.717, 1.165) is 24.5 Å². The van der Waals surface area contributed by atoms with E-state index in [1.165, 1.54) is 11.1 Å². The quantitative estimate of drug-likeness (QED) is 0.731. The first-order valence-electron chi connectivity index (χ1n) is 10.2. The zero-order chi connectivity index (χ0) is 20.8.